The van der Waals surface area contributed by atoms with E-state index < -0.39 is 0 Å². The zero-order chi connectivity index (χ0) is 16.1. The van der Waals surface area contributed by atoms with E-state index in [2.05, 4.69) is 31.5 Å². The first-order chi connectivity index (χ1) is 11.2. The lowest BCUT2D eigenvalue weighted by Gasteiger charge is -2.04. The number of carbonyl (C=O) groups excluding carboxylic acids is 1. The molecule has 1 heterocycles. The van der Waals surface area contributed by atoms with Crippen molar-refractivity contribution < 1.29 is 4.79 Å². The van der Waals surface area contributed by atoms with E-state index in [0.717, 1.165) is 10.0 Å². The van der Waals surface area contributed by atoms with E-state index in [1.807, 2.05) is 42.5 Å². The molecule has 23 heavy (non-hydrogen) atoms. The third-order valence-electron chi connectivity index (χ3n) is 3.17. The lowest BCUT2D eigenvalue weighted by atomic mass is 10.2. The minimum absolute atomic E-state index is 0.0526. The minimum Gasteiger partial charge on any atom is -0.293 e. The molecule has 3 aromatic rings. The van der Waals surface area contributed by atoms with Gasteiger partial charge < -0.3 is 0 Å². The van der Waals surface area contributed by atoms with Gasteiger partial charge in [-0.25, -0.2) is 4.68 Å². The molecule has 0 bridgehead atoms. The molecule has 0 spiro atoms. The van der Waals surface area contributed by atoms with Gasteiger partial charge in [-0.05, 0) is 28.1 Å². The van der Waals surface area contributed by atoms with E-state index in [-0.39, 0.29) is 5.78 Å². The highest BCUT2D eigenvalue weighted by atomic mass is 79.9. The molecular weight excluding hydrogens is 376 g/mol. The van der Waals surface area contributed by atoms with Crippen molar-refractivity contribution in [1.29, 1.82) is 0 Å². The molecule has 0 fully saturated rings. The van der Waals surface area contributed by atoms with Gasteiger partial charge in [-0.1, -0.05) is 70.2 Å². The van der Waals surface area contributed by atoms with Crippen LogP contribution in [-0.2, 0) is 6.54 Å². The maximum absolute atomic E-state index is 12.2. The molecule has 7 heteroatoms. The highest BCUT2D eigenvalue weighted by Gasteiger charge is 2.12. The maximum Gasteiger partial charge on any atom is 0.210 e. The van der Waals surface area contributed by atoms with Crippen LogP contribution < -0.4 is 0 Å². The highest BCUT2D eigenvalue weighted by Crippen LogP contribution is 2.18. The van der Waals surface area contributed by atoms with Crippen molar-refractivity contribution in [2.24, 2.45) is 0 Å². The fourth-order valence-corrected chi connectivity index (χ4v) is 3.04. The minimum atomic E-state index is 0.0526. The van der Waals surface area contributed by atoms with Gasteiger partial charge in [0, 0.05) is 10.0 Å². The van der Waals surface area contributed by atoms with Crippen molar-refractivity contribution in [1.82, 2.24) is 20.2 Å². The summed E-state index contributed by atoms with van der Waals surface area (Å²) >= 11 is 4.71. The van der Waals surface area contributed by atoms with Crippen LogP contribution in [0.4, 0.5) is 0 Å². The van der Waals surface area contributed by atoms with Gasteiger partial charge in [0.1, 0.15) is 0 Å². The molecule has 0 atom stereocenters. The van der Waals surface area contributed by atoms with Gasteiger partial charge in [-0.3, -0.25) is 4.79 Å². The van der Waals surface area contributed by atoms with Crippen molar-refractivity contribution in [3.8, 4) is 0 Å². The van der Waals surface area contributed by atoms with Crippen molar-refractivity contribution in [3.63, 3.8) is 0 Å². The van der Waals surface area contributed by atoms with Gasteiger partial charge in [-0.15, -0.1) is 5.10 Å². The van der Waals surface area contributed by atoms with Crippen LogP contribution in [0.5, 0.6) is 0 Å². The number of ketones is 1. The van der Waals surface area contributed by atoms with Crippen LogP contribution in [-0.4, -0.2) is 31.7 Å². The zero-order valence-corrected chi connectivity index (χ0v) is 14.5. The largest absolute Gasteiger partial charge is 0.293 e. The molecule has 0 unspecified atom stereocenters. The predicted octanol–water partition coefficient (Wildman–Crippen LogP) is 3.46. The SMILES string of the molecule is O=C(CSc1nnnn1Cc1ccccc1)c1ccc(Br)cc1. The highest BCUT2D eigenvalue weighted by molar-refractivity contribution is 9.10. The van der Waals surface area contributed by atoms with E-state index in [4.69, 9.17) is 0 Å². The number of hydrogen-bond acceptors (Lipinski definition) is 5. The Balaban J connectivity index is 1.64. The summed E-state index contributed by atoms with van der Waals surface area (Å²) < 4.78 is 2.66. The summed E-state index contributed by atoms with van der Waals surface area (Å²) in [4.78, 5) is 12.2. The average Bonchev–Trinajstić information content (AvgIpc) is 3.01. The molecule has 0 saturated carbocycles. The fraction of sp³-hybridized carbons (Fsp3) is 0.125. The van der Waals surface area contributed by atoms with E-state index in [0.29, 0.717) is 23.0 Å². The number of aromatic nitrogens is 4. The molecule has 0 aliphatic heterocycles. The monoisotopic (exact) mass is 388 g/mol. The van der Waals surface area contributed by atoms with Crippen LogP contribution in [0, 0.1) is 0 Å². The summed E-state index contributed by atoms with van der Waals surface area (Å²) in [5.41, 5.74) is 1.80. The van der Waals surface area contributed by atoms with Crippen LogP contribution in [0.2, 0.25) is 0 Å². The van der Waals surface area contributed by atoms with Crippen molar-refractivity contribution in [3.05, 3.63) is 70.2 Å². The quantitative estimate of drug-likeness (QED) is 0.477. The van der Waals surface area contributed by atoms with E-state index >= 15 is 0 Å². The van der Waals surface area contributed by atoms with Crippen molar-refractivity contribution in [2.75, 3.05) is 5.75 Å². The van der Waals surface area contributed by atoms with Gasteiger partial charge in [0.25, 0.3) is 0 Å². The molecule has 5 nitrogen and oxygen atoms in total. The first-order valence-electron chi connectivity index (χ1n) is 6.94. The summed E-state index contributed by atoms with van der Waals surface area (Å²) in [6.45, 7) is 0.586. The molecule has 0 saturated heterocycles. The number of hydrogen-bond donors (Lipinski definition) is 0. The summed E-state index contributed by atoms with van der Waals surface area (Å²) in [5, 5.41) is 12.3. The lowest BCUT2D eigenvalue weighted by Crippen LogP contribution is -2.07. The summed E-state index contributed by atoms with van der Waals surface area (Å²) in [7, 11) is 0. The number of halogens is 1. The molecule has 0 aliphatic rings. The van der Waals surface area contributed by atoms with Crippen LogP contribution in [0.1, 0.15) is 15.9 Å². The van der Waals surface area contributed by atoms with Gasteiger partial charge in [0.05, 0.1) is 12.3 Å². The molecule has 1 aromatic heterocycles. The number of carbonyl (C=O) groups is 1. The Morgan fingerprint density at radius 3 is 2.57 bits per heavy atom. The van der Waals surface area contributed by atoms with Crippen molar-refractivity contribution >= 4 is 33.5 Å². The second kappa shape index (κ2) is 7.52. The lowest BCUT2D eigenvalue weighted by molar-refractivity contribution is 0.102. The van der Waals surface area contributed by atoms with E-state index in [1.165, 1.54) is 11.8 Å². The Labute approximate surface area is 146 Å². The predicted molar refractivity (Wildman–Crippen MR) is 92.6 cm³/mol. The zero-order valence-electron chi connectivity index (χ0n) is 12.1. The van der Waals surface area contributed by atoms with Gasteiger partial charge in [0.2, 0.25) is 5.16 Å². The normalized spacial score (nSPS) is 10.7. The van der Waals surface area contributed by atoms with Crippen LogP contribution in [0.15, 0.2) is 64.2 Å². The number of thioether (sulfide) groups is 1. The average molecular weight is 389 g/mol. The number of Topliss-reactive ketones (excluding diaryl/α,β-unsaturated/α-hetero) is 1. The van der Waals surface area contributed by atoms with Gasteiger partial charge in [-0.2, -0.15) is 0 Å². The van der Waals surface area contributed by atoms with Gasteiger partial charge in [0.15, 0.2) is 5.78 Å². The smallest absolute Gasteiger partial charge is 0.210 e. The molecule has 3 rings (SSSR count). The van der Waals surface area contributed by atoms with Crippen LogP contribution in [0.3, 0.4) is 0 Å². The summed E-state index contributed by atoms with van der Waals surface area (Å²) in [6, 6.07) is 17.3. The molecule has 0 radical (unpaired) electrons. The molecule has 0 N–H and O–H groups in total. The third kappa shape index (κ3) is 4.27. The number of nitrogens with zero attached hydrogens (tertiary/aromatic N) is 4. The molecule has 2 aromatic carbocycles. The summed E-state index contributed by atoms with van der Waals surface area (Å²) in [5.74, 6) is 0.355. The topological polar surface area (TPSA) is 60.7 Å². The van der Waals surface area contributed by atoms with E-state index in [1.54, 1.807) is 16.8 Å². The van der Waals surface area contributed by atoms with Crippen LogP contribution in [0.25, 0.3) is 0 Å². The number of tetrazole rings is 1. The Morgan fingerprint density at radius 2 is 1.83 bits per heavy atom. The second-order valence-electron chi connectivity index (χ2n) is 4.82. The Hall–Kier alpha value is -1.99. The van der Waals surface area contributed by atoms with Crippen LogP contribution >= 0.6 is 27.7 Å². The molecular formula is C16H13BrN4OS. The Morgan fingerprint density at radius 1 is 1.09 bits per heavy atom. The maximum atomic E-state index is 12.2. The molecule has 0 amide bonds. The molecule has 116 valence electrons. The third-order valence-corrected chi connectivity index (χ3v) is 4.66. The van der Waals surface area contributed by atoms with Crippen molar-refractivity contribution in [2.45, 2.75) is 11.7 Å². The molecule has 0 aliphatic carbocycles. The summed E-state index contributed by atoms with van der Waals surface area (Å²) in [6.07, 6.45) is 0. The fourth-order valence-electron chi connectivity index (χ4n) is 2.00. The Bertz CT molecular complexity index is 789. The Kier molecular flexibility index (Phi) is 5.19. The standard InChI is InChI=1S/C16H13BrN4OS/c17-14-8-6-13(7-9-14)15(22)11-23-16-18-19-20-21(16)10-12-4-2-1-3-5-12/h1-9H,10-11H2. The second-order valence-corrected chi connectivity index (χ2v) is 6.68. The van der Waals surface area contributed by atoms with E-state index in [9.17, 15) is 4.79 Å². The van der Waals surface area contributed by atoms with Gasteiger partial charge >= 0.3 is 0 Å². The first-order valence-corrected chi connectivity index (χ1v) is 8.72. The number of rotatable bonds is 6. The first kappa shape index (κ1) is 15.9. The number of benzene rings is 2.